The Hall–Kier alpha value is -5.58. The Labute approximate surface area is 261 Å². The van der Waals surface area contributed by atoms with Crippen LogP contribution in [-0.2, 0) is 13.1 Å². The molecule has 0 atom stereocenters. The summed E-state index contributed by atoms with van der Waals surface area (Å²) in [6.07, 6.45) is 3.16. The number of aromatic nitrogens is 5. The third-order valence-electron chi connectivity index (χ3n) is 6.97. The first kappa shape index (κ1) is 30.9. The van der Waals surface area contributed by atoms with Gasteiger partial charge < -0.3 is 24.4 Å². The molecule has 0 aliphatic heterocycles. The van der Waals surface area contributed by atoms with E-state index in [-0.39, 0.29) is 5.88 Å². The van der Waals surface area contributed by atoms with Crippen LogP contribution in [0.1, 0.15) is 29.4 Å². The molecule has 0 fully saturated rings. The van der Waals surface area contributed by atoms with Crippen LogP contribution in [0.15, 0.2) is 79.6 Å². The molecule has 0 spiro atoms. The van der Waals surface area contributed by atoms with Crippen LogP contribution in [0.2, 0.25) is 0 Å². The van der Waals surface area contributed by atoms with Crippen LogP contribution in [0.3, 0.4) is 0 Å². The Morgan fingerprint density at radius 3 is 1.98 bits per heavy atom. The summed E-state index contributed by atoms with van der Waals surface area (Å²) in [7, 11) is 4.65. The van der Waals surface area contributed by atoms with E-state index in [1.54, 1.807) is 20.4 Å². The lowest BCUT2D eigenvalue weighted by atomic mass is 10.1. The SMILES string of the molecule is C=C(C)c1cnc(Nc2cnc(OC)c(F)c2)c(-c2nc(C)nc(N(Cc3ccc(OC)cc3)Cc3ccc(OC)cc3)n2)c1. The number of nitrogens with one attached hydrogen (secondary N) is 1. The summed E-state index contributed by atoms with van der Waals surface area (Å²) in [5.41, 5.74) is 4.70. The smallest absolute Gasteiger partial charge is 0.250 e. The average molecular weight is 608 g/mol. The van der Waals surface area contributed by atoms with Gasteiger partial charge in [-0.3, -0.25) is 0 Å². The first-order chi connectivity index (χ1) is 21.8. The molecule has 0 radical (unpaired) electrons. The second-order valence-electron chi connectivity index (χ2n) is 10.3. The van der Waals surface area contributed by atoms with Crippen LogP contribution in [0.4, 0.5) is 21.8 Å². The fraction of sp³-hybridized carbons (Fsp3) is 0.206. The van der Waals surface area contributed by atoms with E-state index in [4.69, 9.17) is 29.2 Å². The summed E-state index contributed by atoms with van der Waals surface area (Å²) in [6, 6.07) is 18.9. The van der Waals surface area contributed by atoms with E-state index in [9.17, 15) is 4.39 Å². The molecule has 1 N–H and O–H groups in total. The van der Waals surface area contributed by atoms with E-state index in [1.165, 1.54) is 19.4 Å². The number of anilines is 3. The molecule has 230 valence electrons. The number of hydrogen-bond donors (Lipinski definition) is 1. The predicted octanol–water partition coefficient (Wildman–Crippen LogP) is 6.79. The molecule has 0 bridgehead atoms. The highest BCUT2D eigenvalue weighted by Crippen LogP contribution is 2.31. The second-order valence-corrected chi connectivity index (χ2v) is 10.3. The number of ether oxygens (including phenoxy) is 3. The van der Waals surface area contributed by atoms with Crippen molar-refractivity contribution < 1.29 is 18.6 Å². The first-order valence-electron chi connectivity index (χ1n) is 14.1. The number of benzene rings is 2. The fourth-order valence-electron chi connectivity index (χ4n) is 4.58. The summed E-state index contributed by atoms with van der Waals surface area (Å²) in [4.78, 5) is 25.1. The van der Waals surface area contributed by atoms with Crippen LogP contribution in [0.5, 0.6) is 17.4 Å². The molecule has 3 heterocycles. The Morgan fingerprint density at radius 1 is 0.822 bits per heavy atom. The van der Waals surface area contributed by atoms with Gasteiger partial charge in [-0.05, 0) is 66.4 Å². The van der Waals surface area contributed by atoms with E-state index < -0.39 is 5.82 Å². The summed E-state index contributed by atoms with van der Waals surface area (Å²) in [5.74, 6) is 2.66. The molecule has 11 heteroatoms. The second kappa shape index (κ2) is 13.8. The molecule has 0 saturated carbocycles. The van der Waals surface area contributed by atoms with Crippen LogP contribution in [0, 0.1) is 12.7 Å². The lowest BCUT2D eigenvalue weighted by Gasteiger charge is -2.24. The molecule has 10 nitrogen and oxygen atoms in total. The number of rotatable bonds is 12. The largest absolute Gasteiger partial charge is 0.497 e. The normalized spacial score (nSPS) is 10.7. The van der Waals surface area contributed by atoms with Crippen molar-refractivity contribution in [3.63, 3.8) is 0 Å². The molecular weight excluding hydrogens is 573 g/mol. The Balaban J connectivity index is 1.57. The topological polar surface area (TPSA) is 107 Å². The van der Waals surface area contributed by atoms with Crippen LogP contribution in [0.25, 0.3) is 17.0 Å². The minimum Gasteiger partial charge on any atom is -0.497 e. The number of halogens is 1. The summed E-state index contributed by atoms with van der Waals surface area (Å²) in [5, 5.41) is 3.16. The maximum atomic E-state index is 14.5. The highest BCUT2D eigenvalue weighted by atomic mass is 19.1. The number of nitrogens with zero attached hydrogens (tertiary/aromatic N) is 6. The fourth-order valence-corrected chi connectivity index (χ4v) is 4.58. The molecule has 0 saturated heterocycles. The number of allylic oxidation sites excluding steroid dienone is 1. The van der Waals surface area contributed by atoms with Gasteiger partial charge in [-0.25, -0.2) is 19.3 Å². The van der Waals surface area contributed by atoms with Gasteiger partial charge in [0.25, 0.3) is 0 Å². The Bertz CT molecular complexity index is 1750. The monoisotopic (exact) mass is 607 g/mol. The van der Waals surface area contributed by atoms with Gasteiger partial charge in [0.1, 0.15) is 23.1 Å². The summed E-state index contributed by atoms with van der Waals surface area (Å²) < 4.78 is 30.1. The van der Waals surface area contributed by atoms with Crippen molar-refractivity contribution in [1.82, 2.24) is 24.9 Å². The van der Waals surface area contributed by atoms with Gasteiger partial charge in [0.05, 0.1) is 38.8 Å². The van der Waals surface area contributed by atoms with Crippen LogP contribution in [-0.4, -0.2) is 46.2 Å². The maximum absolute atomic E-state index is 14.5. The molecule has 5 rings (SSSR count). The lowest BCUT2D eigenvalue weighted by Crippen LogP contribution is -2.25. The zero-order chi connectivity index (χ0) is 31.9. The molecule has 0 aliphatic carbocycles. The Kier molecular flexibility index (Phi) is 9.47. The van der Waals surface area contributed by atoms with Gasteiger partial charge in [-0.1, -0.05) is 30.8 Å². The van der Waals surface area contributed by atoms with Gasteiger partial charge in [-0.15, -0.1) is 0 Å². The number of hydrogen-bond acceptors (Lipinski definition) is 10. The van der Waals surface area contributed by atoms with Crippen LogP contribution < -0.4 is 24.4 Å². The lowest BCUT2D eigenvalue weighted by molar-refractivity contribution is 0.369. The summed E-state index contributed by atoms with van der Waals surface area (Å²) >= 11 is 0. The van der Waals surface area contributed by atoms with Crippen molar-refractivity contribution in [2.45, 2.75) is 26.9 Å². The standard InChI is InChI=1S/C34H34FN7O3/c1-21(2)25-15-29(31(36-17-25)40-26-16-30(35)33(45-6)37-18-26)32-38-22(3)39-34(41-32)42(19-23-7-11-27(43-4)12-8-23)20-24-9-13-28(44-5)14-10-24/h7-18H,1,19-20H2,2-6H3,(H,36,40). The van der Waals surface area contributed by atoms with Crippen molar-refractivity contribution in [1.29, 1.82) is 0 Å². The molecule has 0 unspecified atom stereocenters. The zero-order valence-corrected chi connectivity index (χ0v) is 25.8. The molecule has 5 aromatic rings. The molecule has 0 amide bonds. The van der Waals surface area contributed by atoms with Gasteiger partial charge in [-0.2, -0.15) is 9.97 Å². The van der Waals surface area contributed by atoms with Crippen molar-refractivity contribution >= 4 is 23.0 Å². The number of pyridine rings is 2. The molecule has 0 aliphatic rings. The zero-order valence-electron chi connectivity index (χ0n) is 25.8. The van der Waals surface area contributed by atoms with Gasteiger partial charge in [0.15, 0.2) is 11.6 Å². The van der Waals surface area contributed by atoms with Crippen molar-refractivity contribution in [3.05, 3.63) is 108 Å². The third kappa shape index (κ3) is 7.50. The third-order valence-corrected chi connectivity index (χ3v) is 6.97. The summed E-state index contributed by atoms with van der Waals surface area (Å²) in [6.45, 7) is 8.82. The Morgan fingerprint density at radius 2 is 1.44 bits per heavy atom. The molecule has 45 heavy (non-hydrogen) atoms. The number of aryl methyl sites for hydroxylation is 1. The van der Waals surface area contributed by atoms with Gasteiger partial charge in [0.2, 0.25) is 11.8 Å². The van der Waals surface area contributed by atoms with Gasteiger partial charge >= 0.3 is 0 Å². The van der Waals surface area contributed by atoms with E-state index in [1.807, 2.05) is 68.4 Å². The van der Waals surface area contributed by atoms with Crippen molar-refractivity contribution in [2.24, 2.45) is 0 Å². The molecule has 3 aromatic heterocycles. The predicted molar refractivity (Wildman–Crippen MR) is 172 cm³/mol. The van der Waals surface area contributed by atoms with Crippen LogP contribution >= 0.6 is 0 Å². The van der Waals surface area contributed by atoms with Crippen molar-refractivity contribution in [3.8, 4) is 28.8 Å². The minimum absolute atomic E-state index is 0.0992. The average Bonchev–Trinajstić information content (AvgIpc) is 3.05. The number of methoxy groups -OCH3 is 3. The molecule has 2 aromatic carbocycles. The van der Waals surface area contributed by atoms with E-state index >= 15 is 0 Å². The first-order valence-corrected chi connectivity index (χ1v) is 14.1. The molecular formula is C34H34FN7O3. The van der Waals surface area contributed by atoms with E-state index in [0.29, 0.717) is 47.8 Å². The quantitative estimate of drug-likeness (QED) is 0.163. The van der Waals surface area contributed by atoms with Crippen molar-refractivity contribution in [2.75, 3.05) is 31.5 Å². The van der Waals surface area contributed by atoms with E-state index in [0.717, 1.165) is 33.8 Å². The highest BCUT2D eigenvalue weighted by Gasteiger charge is 2.19. The van der Waals surface area contributed by atoms with E-state index in [2.05, 4.69) is 26.8 Å². The highest BCUT2D eigenvalue weighted by molar-refractivity contribution is 5.78. The minimum atomic E-state index is -0.603. The van der Waals surface area contributed by atoms with Gasteiger partial charge in [0, 0.05) is 25.4 Å². The maximum Gasteiger partial charge on any atom is 0.250 e.